The van der Waals surface area contributed by atoms with Crippen molar-refractivity contribution in [3.63, 3.8) is 0 Å². The van der Waals surface area contributed by atoms with Crippen LogP contribution in [0.25, 0.3) is 49.0 Å². The largest absolute Gasteiger partial charge is 0.307 e. The number of rotatable bonds is 1. The Morgan fingerprint density at radius 3 is 2.43 bits per heavy atom. The normalized spacial score (nSPS) is 13.0. The summed E-state index contributed by atoms with van der Waals surface area (Å²) in [7, 11) is 2.18. The van der Waals surface area contributed by atoms with Crippen molar-refractivity contribution in [2.45, 2.75) is 34.1 Å². The number of para-hydroxylation sites is 1. The number of hydrogen-bond acceptors (Lipinski definition) is 0. The van der Waals surface area contributed by atoms with Crippen LogP contribution < -0.4 is 4.57 Å². The van der Waals surface area contributed by atoms with Crippen molar-refractivity contribution in [3.8, 4) is 0 Å². The van der Waals surface area contributed by atoms with Crippen LogP contribution in [0.15, 0.2) is 60.8 Å². The van der Waals surface area contributed by atoms with E-state index >= 15 is 0 Å². The molecule has 0 bridgehead atoms. The predicted molar refractivity (Wildman–Crippen MR) is 128 cm³/mol. The Bertz CT molecular complexity index is 1610. The molecule has 0 N–H and O–H groups in total. The van der Waals surface area contributed by atoms with E-state index in [1.807, 2.05) is 0 Å². The molecule has 2 nitrogen and oxygen atoms in total. The summed E-state index contributed by atoms with van der Waals surface area (Å²) in [6.45, 7) is 9.25. The van der Waals surface area contributed by atoms with Gasteiger partial charge in [0.1, 0.15) is 7.05 Å². The minimum absolute atomic E-state index is 0.227. The first-order valence-corrected chi connectivity index (χ1v) is 10.8. The molecule has 0 aliphatic heterocycles. The molecule has 0 unspecified atom stereocenters. The number of nitrogens with zero attached hydrogens (tertiary/aromatic N) is 2. The summed E-state index contributed by atoms with van der Waals surface area (Å²) < 4.78 is 4.83. The van der Waals surface area contributed by atoms with Crippen molar-refractivity contribution in [1.82, 2.24) is 4.40 Å². The third-order valence-electron chi connectivity index (χ3n) is 6.57. The van der Waals surface area contributed by atoms with Gasteiger partial charge in [0.2, 0.25) is 5.52 Å². The number of hydrogen-bond donors (Lipinski definition) is 0. The van der Waals surface area contributed by atoms with Crippen molar-refractivity contribution in [3.05, 3.63) is 71.9 Å². The summed E-state index contributed by atoms with van der Waals surface area (Å²) in [4.78, 5) is 0. The molecule has 3 heterocycles. The molecular formula is C28H27N2+. The van der Waals surface area contributed by atoms with E-state index in [9.17, 15) is 0 Å². The van der Waals surface area contributed by atoms with E-state index in [0.29, 0.717) is 0 Å². The Morgan fingerprint density at radius 1 is 0.867 bits per heavy atom. The third kappa shape index (κ3) is 2.22. The lowest BCUT2D eigenvalue weighted by Crippen LogP contribution is -2.29. The number of benzene rings is 3. The van der Waals surface area contributed by atoms with Gasteiger partial charge in [0.05, 0.1) is 27.3 Å². The van der Waals surface area contributed by atoms with Crippen LogP contribution in [0, 0.1) is 12.3 Å². The Balaban J connectivity index is 2.03. The van der Waals surface area contributed by atoms with Gasteiger partial charge in [0.25, 0.3) is 0 Å². The molecule has 3 aromatic carbocycles. The summed E-state index contributed by atoms with van der Waals surface area (Å²) >= 11 is 0. The van der Waals surface area contributed by atoms with Gasteiger partial charge in [0, 0.05) is 16.8 Å². The minimum Gasteiger partial charge on any atom is -0.307 e. The van der Waals surface area contributed by atoms with Crippen molar-refractivity contribution in [1.29, 1.82) is 0 Å². The van der Waals surface area contributed by atoms with Crippen LogP contribution in [0.5, 0.6) is 0 Å². The minimum atomic E-state index is 0.227. The molecule has 0 fully saturated rings. The molecule has 30 heavy (non-hydrogen) atoms. The van der Waals surface area contributed by atoms with Crippen LogP contribution in [0.2, 0.25) is 0 Å². The van der Waals surface area contributed by atoms with Gasteiger partial charge in [-0.1, -0.05) is 51.1 Å². The summed E-state index contributed by atoms with van der Waals surface area (Å²) in [5, 5.41) is 6.86. The van der Waals surface area contributed by atoms with Crippen LogP contribution in [-0.2, 0) is 13.5 Å². The second kappa shape index (κ2) is 5.72. The van der Waals surface area contributed by atoms with Crippen molar-refractivity contribution >= 4 is 49.0 Å². The molecule has 2 heteroatoms. The van der Waals surface area contributed by atoms with E-state index in [1.54, 1.807) is 0 Å². The Labute approximate surface area is 176 Å². The third-order valence-corrected chi connectivity index (χ3v) is 6.57. The number of pyridine rings is 2. The van der Waals surface area contributed by atoms with Crippen molar-refractivity contribution < 1.29 is 4.57 Å². The van der Waals surface area contributed by atoms with Crippen molar-refractivity contribution in [2.24, 2.45) is 12.5 Å². The van der Waals surface area contributed by atoms with Gasteiger partial charge in [0.15, 0.2) is 6.20 Å². The van der Waals surface area contributed by atoms with E-state index in [4.69, 9.17) is 0 Å². The molecule has 0 aliphatic rings. The van der Waals surface area contributed by atoms with Crippen LogP contribution in [0.1, 0.15) is 31.9 Å². The molecule has 148 valence electrons. The van der Waals surface area contributed by atoms with Crippen molar-refractivity contribution in [2.75, 3.05) is 0 Å². The van der Waals surface area contributed by atoms with Crippen LogP contribution >= 0.6 is 0 Å². The summed E-state index contributed by atoms with van der Waals surface area (Å²) in [5.74, 6) is 0. The molecular weight excluding hydrogens is 364 g/mol. The summed E-state index contributed by atoms with van der Waals surface area (Å²) in [6.07, 6.45) is 3.28. The molecule has 0 saturated heterocycles. The predicted octanol–water partition coefficient (Wildman–Crippen LogP) is 6.71. The maximum atomic E-state index is 2.52. The highest BCUT2D eigenvalue weighted by Gasteiger charge is 2.26. The van der Waals surface area contributed by atoms with Gasteiger partial charge < -0.3 is 4.40 Å². The molecule has 0 atom stereocenters. The van der Waals surface area contributed by atoms with Gasteiger partial charge in [-0.05, 0) is 53.5 Å². The molecule has 0 amide bonds. The number of aryl methyl sites for hydroxylation is 2. The van der Waals surface area contributed by atoms with Gasteiger partial charge in [-0.15, -0.1) is 0 Å². The highest BCUT2D eigenvalue weighted by molar-refractivity contribution is 6.28. The Hall–Kier alpha value is -3.13. The average Bonchev–Trinajstić information content (AvgIpc) is 3.04. The first-order valence-electron chi connectivity index (χ1n) is 10.8. The van der Waals surface area contributed by atoms with E-state index < -0.39 is 0 Å². The first kappa shape index (κ1) is 17.7. The van der Waals surface area contributed by atoms with E-state index in [-0.39, 0.29) is 5.41 Å². The fourth-order valence-corrected chi connectivity index (χ4v) is 5.50. The molecule has 0 saturated carbocycles. The van der Waals surface area contributed by atoms with Crippen LogP contribution in [0.3, 0.4) is 0 Å². The van der Waals surface area contributed by atoms with Crippen LogP contribution in [0.4, 0.5) is 0 Å². The average molecular weight is 392 g/mol. The highest BCUT2D eigenvalue weighted by Crippen LogP contribution is 2.43. The van der Waals surface area contributed by atoms with Gasteiger partial charge in [-0.2, -0.15) is 0 Å². The zero-order valence-corrected chi connectivity index (χ0v) is 18.4. The molecule has 3 aromatic heterocycles. The monoisotopic (exact) mass is 391 g/mol. The lowest BCUT2D eigenvalue weighted by molar-refractivity contribution is -0.643. The molecule has 0 spiro atoms. The van der Waals surface area contributed by atoms with Crippen LogP contribution in [-0.4, -0.2) is 4.40 Å². The number of aromatic nitrogens is 2. The lowest BCUT2D eigenvalue weighted by atomic mass is 9.85. The summed E-state index contributed by atoms with van der Waals surface area (Å²) in [5.41, 5.74) is 8.32. The quantitative estimate of drug-likeness (QED) is 0.167. The molecule has 6 rings (SSSR count). The second-order valence-electron chi connectivity index (χ2n) is 10.1. The highest BCUT2D eigenvalue weighted by atomic mass is 15.0. The van der Waals surface area contributed by atoms with Gasteiger partial charge >= 0.3 is 0 Å². The maximum absolute atomic E-state index is 2.52. The first-order chi connectivity index (χ1) is 14.3. The van der Waals surface area contributed by atoms with Gasteiger partial charge in [-0.25, -0.2) is 4.57 Å². The molecule has 0 aliphatic carbocycles. The van der Waals surface area contributed by atoms with E-state index in [1.165, 1.54) is 60.1 Å². The standard InChI is InChI=1S/C28H27N2/c1-17-9-8-12-22-23(17)26-25-18(13-14-29(26)5)15-19(16-28(2,3)4)24-20-10-6-7-11-21(20)30(22)27(24)25/h6-15H,16H2,1-5H3/q+1. The van der Waals surface area contributed by atoms with E-state index in [2.05, 4.69) is 105 Å². The van der Waals surface area contributed by atoms with E-state index in [0.717, 1.165) is 6.42 Å². The Kier molecular flexibility index (Phi) is 3.38. The fourth-order valence-electron chi connectivity index (χ4n) is 5.50. The lowest BCUT2D eigenvalue weighted by Gasteiger charge is -2.20. The van der Waals surface area contributed by atoms with Gasteiger partial charge in [-0.3, -0.25) is 0 Å². The summed E-state index contributed by atoms with van der Waals surface area (Å²) in [6, 6.07) is 20.4. The second-order valence-corrected chi connectivity index (χ2v) is 10.1. The topological polar surface area (TPSA) is 8.29 Å². The molecule has 0 radical (unpaired) electrons. The molecule has 6 aromatic rings. The zero-order chi connectivity index (χ0) is 20.8. The zero-order valence-electron chi connectivity index (χ0n) is 18.4. The Morgan fingerprint density at radius 2 is 1.63 bits per heavy atom. The maximum Gasteiger partial charge on any atom is 0.224 e. The smallest absolute Gasteiger partial charge is 0.224 e. The SMILES string of the molecule is Cc1cccc2c1c1c3c(cc[n+]1C)cc(CC(C)(C)C)c1c4ccccc4n2c13. The number of fused-ring (bicyclic) bond motifs is 6. The fraction of sp³-hybridized carbons (Fsp3) is 0.250.